The van der Waals surface area contributed by atoms with Gasteiger partial charge in [-0.25, -0.2) is 9.97 Å². The van der Waals surface area contributed by atoms with Crippen LogP contribution in [0.4, 0.5) is 0 Å². The van der Waals surface area contributed by atoms with Gasteiger partial charge in [0.25, 0.3) is 0 Å². The molecule has 0 aromatic carbocycles. The highest BCUT2D eigenvalue weighted by Gasteiger charge is 2.12. The van der Waals surface area contributed by atoms with E-state index in [2.05, 4.69) is 15.3 Å². The molecule has 1 aliphatic rings. The fourth-order valence-electron chi connectivity index (χ4n) is 1.62. The molecule has 1 saturated heterocycles. The second-order valence-corrected chi connectivity index (χ2v) is 4.59. The highest BCUT2D eigenvalue weighted by molar-refractivity contribution is 7.99. The van der Waals surface area contributed by atoms with Gasteiger partial charge in [-0.1, -0.05) is 0 Å². The minimum Gasteiger partial charge on any atom is -0.317 e. The second kappa shape index (κ2) is 5.32. The summed E-state index contributed by atoms with van der Waals surface area (Å²) in [4.78, 5) is 8.11. The first-order valence-corrected chi connectivity index (χ1v) is 6.03. The molecule has 76 valence electrons. The highest BCUT2D eigenvalue weighted by atomic mass is 32.2. The number of nitrogens with one attached hydrogen (secondary N) is 1. The fraction of sp³-hybridized carbons (Fsp3) is 0.600. The zero-order chi connectivity index (χ0) is 9.64. The number of hydrogen-bond acceptors (Lipinski definition) is 4. The van der Waals surface area contributed by atoms with Crippen LogP contribution in [0.2, 0.25) is 0 Å². The molecule has 1 aliphatic heterocycles. The first-order chi connectivity index (χ1) is 6.95. The van der Waals surface area contributed by atoms with Crippen LogP contribution in [0.15, 0.2) is 23.6 Å². The van der Waals surface area contributed by atoms with E-state index in [0.29, 0.717) is 0 Å². The molecule has 0 spiro atoms. The molecule has 2 heterocycles. The van der Waals surface area contributed by atoms with E-state index in [1.54, 1.807) is 12.5 Å². The van der Waals surface area contributed by atoms with Gasteiger partial charge in [-0.15, -0.1) is 11.8 Å². The lowest BCUT2D eigenvalue weighted by molar-refractivity contribution is 0.408. The van der Waals surface area contributed by atoms with Gasteiger partial charge in [0.2, 0.25) is 0 Å². The normalized spacial score (nSPS) is 18.3. The van der Waals surface area contributed by atoms with Crippen LogP contribution in [0.5, 0.6) is 0 Å². The third kappa shape index (κ3) is 2.96. The van der Waals surface area contributed by atoms with E-state index in [1.165, 1.54) is 31.7 Å². The molecule has 0 amide bonds. The van der Waals surface area contributed by atoms with E-state index >= 15 is 0 Å². The Bertz CT molecular complexity index is 259. The summed E-state index contributed by atoms with van der Waals surface area (Å²) in [6.45, 7) is 2.35. The number of thioether (sulfide) groups is 1. The van der Waals surface area contributed by atoms with E-state index in [4.69, 9.17) is 0 Å². The number of hydrogen-bond donors (Lipinski definition) is 1. The summed E-state index contributed by atoms with van der Waals surface area (Å²) in [5.74, 6) is 2.05. The molecule has 0 atom stereocenters. The lowest BCUT2D eigenvalue weighted by Gasteiger charge is -2.21. The quantitative estimate of drug-likeness (QED) is 0.605. The molecular formula is C10H15N3S. The molecule has 1 aromatic heterocycles. The van der Waals surface area contributed by atoms with Gasteiger partial charge < -0.3 is 5.32 Å². The van der Waals surface area contributed by atoms with Gasteiger partial charge in [0, 0.05) is 11.9 Å². The molecule has 0 radical (unpaired) electrons. The Hall–Kier alpha value is -0.610. The molecular weight excluding hydrogens is 194 g/mol. The standard InChI is InChI=1S/C10H15N3S/c1-4-11-5-2-9(1)7-14-10-3-6-12-8-13-10/h3,6,8-9,11H,1-2,4-5,7H2. The second-order valence-electron chi connectivity index (χ2n) is 3.55. The summed E-state index contributed by atoms with van der Waals surface area (Å²) in [5, 5.41) is 4.47. The van der Waals surface area contributed by atoms with Gasteiger partial charge in [-0.3, -0.25) is 0 Å². The van der Waals surface area contributed by atoms with Crippen LogP contribution in [0.3, 0.4) is 0 Å². The zero-order valence-corrected chi connectivity index (χ0v) is 8.96. The van der Waals surface area contributed by atoms with Crippen LogP contribution in [-0.2, 0) is 0 Å². The highest BCUT2D eigenvalue weighted by Crippen LogP contribution is 2.22. The number of piperidine rings is 1. The average molecular weight is 209 g/mol. The molecule has 0 bridgehead atoms. The molecule has 14 heavy (non-hydrogen) atoms. The Morgan fingerprint density at radius 3 is 3.00 bits per heavy atom. The van der Waals surface area contributed by atoms with Gasteiger partial charge >= 0.3 is 0 Å². The molecule has 1 fully saturated rings. The van der Waals surface area contributed by atoms with Crippen molar-refractivity contribution in [1.82, 2.24) is 15.3 Å². The Morgan fingerprint density at radius 1 is 1.43 bits per heavy atom. The Morgan fingerprint density at radius 2 is 2.29 bits per heavy atom. The number of rotatable bonds is 3. The summed E-state index contributed by atoms with van der Waals surface area (Å²) in [5.41, 5.74) is 0. The third-order valence-electron chi connectivity index (χ3n) is 2.48. The van der Waals surface area contributed by atoms with Crippen molar-refractivity contribution in [3.05, 3.63) is 18.6 Å². The first kappa shape index (κ1) is 9.93. The van der Waals surface area contributed by atoms with Crippen LogP contribution >= 0.6 is 11.8 Å². The Kier molecular flexibility index (Phi) is 3.77. The van der Waals surface area contributed by atoms with E-state index in [-0.39, 0.29) is 0 Å². The predicted octanol–water partition coefficient (Wildman–Crippen LogP) is 1.57. The van der Waals surface area contributed by atoms with Gasteiger partial charge in [-0.2, -0.15) is 0 Å². The summed E-state index contributed by atoms with van der Waals surface area (Å²) >= 11 is 1.85. The van der Waals surface area contributed by atoms with Crippen LogP contribution in [0.25, 0.3) is 0 Å². The van der Waals surface area contributed by atoms with Crippen LogP contribution in [-0.4, -0.2) is 28.8 Å². The molecule has 0 aliphatic carbocycles. The molecule has 1 N–H and O–H groups in total. The predicted molar refractivity (Wildman–Crippen MR) is 58.3 cm³/mol. The van der Waals surface area contributed by atoms with Crippen LogP contribution in [0, 0.1) is 5.92 Å². The summed E-state index contributed by atoms with van der Waals surface area (Å²) in [6.07, 6.45) is 6.03. The van der Waals surface area contributed by atoms with E-state index < -0.39 is 0 Å². The lowest BCUT2D eigenvalue weighted by Crippen LogP contribution is -2.28. The minimum atomic E-state index is 0.858. The van der Waals surface area contributed by atoms with Crippen LogP contribution in [0.1, 0.15) is 12.8 Å². The van der Waals surface area contributed by atoms with Crippen molar-refractivity contribution in [2.75, 3.05) is 18.8 Å². The average Bonchev–Trinajstić information content (AvgIpc) is 2.29. The van der Waals surface area contributed by atoms with Crippen LogP contribution < -0.4 is 5.32 Å². The molecule has 0 saturated carbocycles. The van der Waals surface area contributed by atoms with E-state index in [1.807, 2.05) is 17.8 Å². The fourth-order valence-corrected chi connectivity index (χ4v) is 2.63. The molecule has 0 unspecified atom stereocenters. The topological polar surface area (TPSA) is 37.8 Å². The van der Waals surface area contributed by atoms with Gasteiger partial charge in [0.1, 0.15) is 6.33 Å². The van der Waals surface area contributed by atoms with Crippen molar-refractivity contribution in [3.63, 3.8) is 0 Å². The number of nitrogens with zero attached hydrogens (tertiary/aromatic N) is 2. The van der Waals surface area contributed by atoms with E-state index in [9.17, 15) is 0 Å². The van der Waals surface area contributed by atoms with Gasteiger partial charge in [0.15, 0.2) is 0 Å². The first-order valence-electron chi connectivity index (χ1n) is 5.04. The van der Waals surface area contributed by atoms with Crippen molar-refractivity contribution >= 4 is 11.8 Å². The van der Waals surface area contributed by atoms with Gasteiger partial charge in [-0.05, 0) is 37.9 Å². The van der Waals surface area contributed by atoms with Crippen molar-refractivity contribution in [1.29, 1.82) is 0 Å². The molecule has 2 rings (SSSR count). The maximum Gasteiger partial charge on any atom is 0.116 e. The summed E-state index contributed by atoms with van der Waals surface area (Å²) < 4.78 is 0. The summed E-state index contributed by atoms with van der Waals surface area (Å²) in [6, 6.07) is 1.98. The third-order valence-corrected chi connectivity index (χ3v) is 3.66. The SMILES string of the molecule is c1cc(SCC2CCNCC2)ncn1. The maximum atomic E-state index is 4.20. The summed E-state index contributed by atoms with van der Waals surface area (Å²) in [7, 11) is 0. The smallest absolute Gasteiger partial charge is 0.116 e. The molecule has 1 aromatic rings. The Balaban J connectivity index is 1.76. The molecule has 4 heteroatoms. The lowest BCUT2D eigenvalue weighted by atomic mass is 10.0. The molecule has 3 nitrogen and oxygen atoms in total. The van der Waals surface area contributed by atoms with Crippen molar-refractivity contribution in [3.8, 4) is 0 Å². The Labute approximate surface area is 88.7 Å². The zero-order valence-electron chi connectivity index (χ0n) is 8.15. The van der Waals surface area contributed by atoms with Crippen molar-refractivity contribution in [2.24, 2.45) is 5.92 Å². The largest absolute Gasteiger partial charge is 0.317 e. The van der Waals surface area contributed by atoms with Gasteiger partial charge in [0.05, 0.1) is 5.03 Å². The van der Waals surface area contributed by atoms with E-state index in [0.717, 1.165) is 10.9 Å². The van der Waals surface area contributed by atoms with Crippen molar-refractivity contribution in [2.45, 2.75) is 17.9 Å². The number of aromatic nitrogens is 2. The van der Waals surface area contributed by atoms with Crippen molar-refractivity contribution < 1.29 is 0 Å². The maximum absolute atomic E-state index is 4.20. The monoisotopic (exact) mass is 209 g/mol. The minimum absolute atomic E-state index is 0.858.